The molecule has 3 rings (SSSR count). The molecule has 1 fully saturated rings. The molecule has 1 aliphatic rings. The first-order chi connectivity index (χ1) is 15.3. The summed E-state index contributed by atoms with van der Waals surface area (Å²) >= 11 is 2.03. The number of hydrogen-bond acceptors (Lipinski definition) is 6. The van der Waals surface area contributed by atoms with E-state index in [1.54, 1.807) is 13.3 Å². The first kappa shape index (κ1) is 25.3. The van der Waals surface area contributed by atoms with E-state index >= 15 is 0 Å². The number of methoxy groups -OCH3 is 1. The van der Waals surface area contributed by atoms with Crippen molar-refractivity contribution in [3.63, 3.8) is 0 Å². The summed E-state index contributed by atoms with van der Waals surface area (Å²) in [6.45, 7) is 10.2. The number of rotatable bonds is 10. The third-order valence-corrected chi connectivity index (χ3v) is 7.87. The number of aliphatic hydroxyl groups is 2. The molecule has 0 bridgehead atoms. The van der Waals surface area contributed by atoms with E-state index in [0.29, 0.717) is 23.0 Å². The Kier molecular flexibility index (Phi) is 9.23. The summed E-state index contributed by atoms with van der Waals surface area (Å²) in [4.78, 5) is 6.93. The van der Waals surface area contributed by atoms with E-state index in [2.05, 4.69) is 30.7 Å². The zero-order valence-corrected chi connectivity index (χ0v) is 20.9. The maximum absolute atomic E-state index is 11.0. The van der Waals surface area contributed by atoms with Crippen LogP contribution in [-0.4, -0.2) is 63.9 Å². The highest BCUT2D eigenvalue weighted by atomic mass is 32.2. The molecule has 1 aromatic heterocycles. The monoisotopic (exact) mass is 460 g/mol. The van der Waals surface area contributed by atoms with Crippen molar-refractivity contribution in [1.29, 1.82) is 0 Å². The van der Waals surface area contributed by atoms with Crippen molar-refractivity contribution in [1.82, 2.24) is 9.88 Å². The van der Waals surface area contributed by atoms with Gasteiger partial charge in [-0.15, -0.1) is 0 Å². The SMILES string of the molecule is COc1ccc2nccc([C@H](O)CC[C@@H]3CCN(CCCSC(C)(C)C)C[C@@H]3CO)c2c1. The van der Waals surface area contributed by atoms with Crippen LogP contribution in [0.25, 0.3) is 10.9 Å². The van der Waals surface area contributed by atoms with Gasteiger partial charge in [-0.25, -0.2) is 0 Å². The molecule has 5 nitrogen and oxygen atoms in total. The average molecular weight is 461 g/mol. The smallest absolute Gasteiger partial charge is 0.119 e. The average Bonchev–Trinajstić information content (AvgIpc) is 2.79. The molecular formula is C26H40N2O3S. The zero-order chi connectivity index (χ0) is 23.1. The van der Waals surface area contributed by atoms with Crippen LogP contribution in [0.4, 0.5) is 0 Å². The van der Waals surface area contributed by atoms with Crippen LogP contribution in [0.1, 0.15) is 58.1 Å². The van der Waals surface area contributed by atoms with Crippen LogP contribution in [-0.2, 0) is 0 Å². The molecule has 3 atom stereocenters. The van der Waals surface area contributed by atoms with Crippen LogP contribution in [0.5, 0.6) is 5.75 Å². The number of thioether (sulfide) groups is 1. The van der Waals surface area contributed by atoms with Gasteiger partial charge in [-0.1, -0.05) is 20.8 Å². The quantitative estimate of drug-likeness (QED) is 0.491. The Morgan fingerprint density at radius 3 is 2.78 bits per heavy atom. The van der Waals surface area contributed by atoms with Crippen molar-refractivity contribution in [2.24, 2.45) is 11.8 Å². The Morgan fingerprint density at radius 2 is 2.06 bits per heavy atom. The van der Waals surface area contributed by atoms with Crippen LogP contribution in [0, 0.1) is 11.8 Å². The van der Waals surface area contributed by atoms with Crippen molar-refractivity contribution in [2.75, 3.05) is 39.1 Å². The van der Waals surface area contributed by atoms with E-state index in [1.165, 1.54) is 12.2 Å². The van der Waals surface area contributed by atoms with E-state index in [0.717, 1.165) is 54.7 Å². The van der Waals surface area contributed by atoms with Gasteiger partial charge in [-0.05, 0) is 86.2 Å². The molecule has 1 aromatic carbocycles. The van der Waals surface area contributed by atoms with Crippen molar-refractivity contribution < 1.29 is 14.9 Å². The maximum atomic E-state index is 11.0. The molecule has 178 valence electrons. The molecule has 0 amide bonds. The minimum atomic E-state index is -0.542. The van der Waals surface area contributed by atoms with Gasteiger partial charge in [-0.3, -0.25) is 4.98 Å². The second kappa shape index (κ2) is 11.7. The number of nitrogens with zero attached hydrogens (tertiary/aromatic N) is 2. The second-order valence-electron chi connectivity index (χ2n) is 9.98. The Labute approximate surface area is 197 Å². The molecule has 1 aliphatic heterocycles. The predicted octanol–water partition coefficient (Wildman–Crippen LogP) is 4.91. The van der Waals surface area contributed by atoms with Crippen molar-refractivity contribution in [2.45, 2.75) is 57.3 Å². The van der Waals surface area contributed by atoms with Crippen molar-refractivity contribution in [3.05, 3.63) is 36.0 Å². The van der Waals surface area contributed by atoms with Gasteiger partial charge in [0, 0.05) is 29.5 Å². The van der Waals surface area contributed by atoms with E-state index in [-0.39, 0.29) is 6.61 Å². The lowest BCUT2D eigenvalue weighted by Crippen LogP contribution is -2.42. The summed E-state index contributed by atoms with van der Waals surface area (Å²) in [6.07, 6.45) is 5.13. The number of benzene rings is 1. The lowest BCUT2D eigenvalue weighted by atomic mass is 9.81. The summed E-state index contributed by atoms with van der Waals surface area (Å²) in [6, 6.07) is 7.69. The molecule has 0 saturated carbocycles. The Hall–Kier alpha value is -1.34. The fourth-order valence-electron chi connectivity index (χ4n) is 4.70. The molecule has 2 aromatic rings. The fraction of sp³-hybridized carbons (Fsp3) is 0.654. The van der Waals surface area contributed by atoms with Crippen LogP contribution < -0.4 is 4.74 Å². The highest BCUT2D eigenvalue weighted by Gasteiger charge is 2.29. The van der Waals surface area contributed by atoms with Gasteiger partial charge in [0.2, 0.25) is 0 Å². The maximum Gasteiger partial charge on any atom is 0.119 e. The first-order valence-corrected chi connectivity index (χ1v) is 12.9. The lowest BCUT2D eigenvalue weighted by Gasteiger charge is -2.38. The summed E-state index contributed by atoms with van der Waals surface area (Å²) in [5.74, 6) is 2.70. The molecule has 6 heteroatoms. The number of pyridine rings is 1. The number of ether oxygens (including phenoxy) is 1. The number of piperidine rings is 1. The summed E-state index contributed by atoms with van der Waals surface area (Å²) in [5, 5.41) is 22.0. The third kappa shape index (κ3) is 7.08. The largest absolute Gasteiger partial charge is 0.497 e. The Morgan fingerprint density at radius 1 is 1.25 bits per heavy atom. The van der Waals surface area contributed by atoms with E-state index in [4.69, 9.17) is 4.74 Å². The van der Waals surface area contributed by atoms with Gasteiger partial charge < -0.3 is 19.8 Å². The van der Waals surface area contributed by atoms with Crippen LogP contribution in [0.15, 0.2) is 30.5 Å². The second-order valence-corrected chi connectivity index (χ2v) is 11.9. The first-order valence-electron chi connectivity index (χ1n) is 11.9. The minimum Gasteiger partial charge on any atom is -0.497 e. The van der Waals surface area contributed by atoms with Crippen LogP contribution >= 0.6 is 11.8 Å². The van der Waals surface area contributed by atoms with E-state index in [1.807, 2.05) is 36.0 Å². The fourth-order valence-corrected chi connectivity index (χ4v) is 5.59. The third-order valence-electron chi connectivity index (χ3n) is 6.52. The Balaban J connectivity index is 1.53. The molecule has 2 heterocycles. The molecule has 0 radical (unpaired) electrons. The topological polar surface area (TPSA) is 65.8 Å². The molecule has 32 heavy (non-hydrogen) atoms. The predicted molar refractivity (Wildman–Crippen MR) is 134 cm³/mol. The van der Waals surface area contributed by atoms with Crippen LogP contribution in [0.2, 0.25) is 0 Å². The van der Waals surface area contributed by atoms with Gasteiger partial charge in [0.15, 0.2) is 0 Å². The standard InChI is InChI=1S/C26H40N2O3S/c1-26(2,3)32-15-5-13-28-14-11-19(20(17-28)18-29)6-9-25(30)22-10-12-27-24-8-7-21(31-4)16-23(22)24/h7-8,10,12,16,19-20,25,29-30H,5-6,9,11,13-15,17-18H2,1-4H3/t19-,20-,25-/m1/s1. The zero-order valence-electron chi connectivity index (χ0n) is 20.1. The van der Waals surface area contributed by atoms with Gasteiger partial charge in [0.25, 0.3) is 0 Å². The van der Waals surface area contributed by atoms with Crippen molar-refractivity contribution in [3.8, 4) is 5.75 Å². The van der Waals surface area contributed by atoms with E-state index in [9.17, 15) is 10.2 Å². The van der Waals surface area contributed by atoms with Gasteiger partial charge in [-0.2, -0.15) is 11.8 Å². The van der Waals surface area contributed by atoms with Gasteiger partial charge >= 0.3 is 0 Å². The Bertz CT molecular complexity index is 855. The normalized spacial score (nSPS) is 21.1. The lowest BCUT2D eigenvalue weighted by molar-refractivity contribution is 0.0580. The molecule has 2 N–H and O–H groups in total. The van der Waals surface area contributed by atoms with Crippen molar-refractivity contribution >= 4 is 22.7 Å². The van der Waals surface area contributed by atoms with Gasteiger partial charge in [0.05, 0.1) is 18.7 Å². The number of fused-ring (bicyclic) bond motifs is 1. The molecule has 0 unspecified atom stereocenters. The highest BCUT2D eigenvalue weighted by Crippen LogP contribution is 2.33. The van der Waals surface area contributed by atoms with Crippen LogP contribution in [0.3, 0.4) is 0 Å². The minimum absolute atomic E-state index is 0.226. The number of likely N-dealkylation sites (tertiary alicyclic amines) is 1. The molecule has 1 saturated heterocycles. The van der Waals surface area contributed by atoms with Gasteiger partial charge in [0.1, 0.15) is 5.75 Å². The number of hydrogen-bond donors (Lipinski definition) is 2. The number of aliphatic hydroxyl groups excluding tert-OH is 2. The molecule has 0 aliphatic carbocycles. The van der Waals surface area contributed by atoms with E-state index < -0.39 is 6.10 Å². The summed E-state index contributed by atoms with van der Waals surface area (Å²) in [7, 11) is 1.65. The summed E-state index contributed by atoms with van der Waals surface area (Å²) in [5.41, 5.74) is 1.77. The highest BCUT2D eigenvalue weighted by molar-refractivity contribution is 8.00. The summed E-state index contributed by atoms with van der Waals surface area (Å²) < 4.78 is 5.69. The molecular weight excluding hydrogens is 420 g/mol. The molecule has 0 spiro atoms. The number of aromatic nitrogens is 1.